The fourth-order valence-electron chi connectivity index (χ4n) is 4.21. The molecule has 1 aromatic carbocycles. The standard InChI is InChI=1S/C21H26O4/c1-3-21(12-6-7-15(14-21)20(22)23)16-10-11-18(24-2)19(13-16)25-17-8-4-5-9-17/h1,10-11,13,15,17H,4-9,12,14H2,2H3,(H,22,23). The molecular formula is C21H26O4. The predicted octanol–water partition coefficient (Wildman–Crippen LogP) is 4.16. The Balaban J connectivity index is 1.91. The zero-order chi connectivity index (χ0) is 17.9. The summed E-state index contributed by atoms with van der Waals surface area (Å²) in [6, 6.07) is 5.83. The van der Waals surface area contributed by atoms with E-state index in [-0.39, 0.29) is 12.0 Å². The van der Waals surface area contributed by atoms with Crippen LogP contribution in [0.4, 0.5) is 0 Å². The highest BCUT2D eigenvalue weighted by Crippen LogP contribution is 2.44. The van der Waals surface area contributed by atoms with E-state index >= 15 is 0 Å². The lowest BCUT2D eigenvalue weighted by atomic mass is 9.66. The average molecular weight is 342 g/mol. The van der Waals surface area contributed by atoms with Gasteiger partial charge in [0.2, 0.25) is 0 Å². The first-order valence-electron chi connectivity index (χ1n) is 9.14. The van der Waals surface area contributed by atoms with Gasteiger partial charge in [-0.05, 0) is 62.6 Å². The molecule has 0 radical (unpaired) electrons. The Labute approximate surface area is 149 Å². The van der Waals surface area contributed by atoms with Crippen molar-refractivity contribution in [3.8, 4) is 23.8 Å². The Morgan fingerprint density at radius 2 is 2.00 bits per heavy atom. The van der Waals surface area contributed by atoms with E-state index in [1.54, 1.807) is 7.11 Å². The smallest absolute Gasteiger partial charge is 0.306 e. The second-order valence-electron chi connectivity index (χ2n) is 7.25. The molecular weight excluding hydrogens is 316 g/mol. The molecule has 1 aromatic rings. The Hall–Kier alpha value is -2.15. The summed E-state index contributed by atoms with van der Waals surface area (Å²) in [6.45, 7) is 0. The highest BCUT2D eigenvalue weighted by atomic mass is 16.5. The van der Waals surface area contributed by atoms with Crippen LogP contribution in [0.5, 0.6) is 11.5 Å². The number of benzene rings is 1. The van der Waals surface area contributed by atoms with Crippen LogP contribution in [0, 0.1) is 18.3 Å². The molecule has 0 aliphatic heterocycles. The predicted molar refractivity (Wildman–Crippen MR) is 96.0 cm³/mol. The summed E-state index contributed by atoms with van der Waals surface area (Å²) in [5, 5.41) is 9.43. The molecule has 1 N–H and O–H groups in total. The van der Waals surface area contributed by atoms with Gasteiger partial charge in [0.15, 0.2) is 11.5 Å². The van der Waals surface area contributed by atoms with Gasteiger partial charge in [0.05, 0.1) is 24.5 Å². The second-order valence-corrected chi connectivity index (χ2v) is 7.25. The number of aliphatic carboxylic acids is 1. The monoisotopic (exact) mass is 342 g/mol. The van der Waals surface area contributed by atoms with E-state index in [1.165, 1.54) is 12.8 Å². The number of rotatable bonds is 5. The summed E-state index contributed by atoms with van der Waals surface area (Å²) in [5.74, 6) is 3.20. The van der Waals surface area contributed by atoms with E-state index in [4.69, 9.17) is 15.9 Å². The molecule has 2 aliphatic rings. The molecule has 4 heteroatoms. The lowest BCUT2D eigenvalue weighted by Gasteiger charge is -2.36. The minimum atomic E-state index is -0.754. The summed E-state index contributed by atoms with van der Waals surface area (Å²) < 4.78 is 11.6. The van der Waals surface area contributed by atoms with Crippen LogP contribution < -0.4 is 9.47 Å². The molecule has 134 valence electrons. The van der Waals surface area contributed by atoms with E-state index in [9.17, 15) is 9.90 Å². The maximum atomic E-state index is 11.5. The van der Waals surface area contributed by atoms with Crippen LogP contribution in [0.1, 0.15) is 56.9 Å². The molecule has 0 spiro atoms. The number of methoxy groups -OCH3 is 1. The zero-order valence-corrected chi connectivity index (χ0v) is 14.8. The average Bonchev–Trinajstić information content (AvgIpc) is 3.14. The van der Waals surface area contributed by atoms with Crippen molar-refractivity contribution in [2.24, 2.45) is 5.92 Å². The maximum Gasteiger partial charge on any atom is 0.306 e. The number of carboxylic acid groups (broad SMARTS) is 1. The molecule has 3 rings (SSSR count). The largest absolute Gasteiger partial charge is 0.493 e. The third-order valence-electron chi connectivity index (χ3n) is 5.69. The number of hydrogen-bond donors (Lipinski definition) is 1. The number of terminal acetylenes is 1. The minimum absolute atomic E-state index is 0.226. The van der Waals surface area contributed by atoms with Crippen molar-refractivity contribution in [3.05, 3.63) is 23.8 Å². The number of hydrogen-bond acceptors (Lipinski definition) is 3. The molecule has 25 heavy (non-hydrogen) atoms. The van der Waals surface area contributed by atoms with E-state index in [0.717, 1.165) is 37.0 Å². The molecule has 0 amide bonds. The molecule has 2 atom stereocenters. The molecule has 2 aliphatic carbocycles. The van der Waals surface area contributed by atoms with E-state index in [1.807, 2.05) is 18.2 Å². The van der Waals surface area contributed by atoms with Crippen molar-refractivity contribution >= 4 is 5.97 Å². The zero-order valence-electron chi connectivity index (χ0n) is 14.8. The number of carboxylic acids is 1. The van der Waals surface area contributed by atoms with Gasteiger partial charge in [0.1, 0.15) is 0 Å². The Bertz CT molecular complexity index is 669. The van der Waals surface area contributed by atoms with E-state index < -0.39 is 11.4 Å². The van der Waals surface area contributed by atoms with Crippen LogP contribution >= 0.6 is 0 Å². The van der Waals surface area contributed by atoms with Crippen LogP contribution in [0.15, 0.2) is 18.2 Å². The topological polar surface area (TPSA) is 55.8 Å². The molecule has 0 saturated heterocycles. The lowest BCUT2D eigenvalue weighted by Crippen LogP contribution is -2.34. The molecule has 0 heterocycles. The highest BCUT2D eigenvalue weighted by molar-refractivity contribution is 5.70. The minimum Gasteiger partial charge on any atom is -0.493 e. The van der Waals surface area contributed by atoms with Crippen LogP contribution in [-0.4, -0.2) is 24.3 Å². The van der Waals surface area contributed by atoms with Gasteiger partial charge in [0.25, 0.3) is 0 Å². The van der Waals surface area contributed by atoms with Gasteiger partial charge in [-0.2, -0.15) is 0 Å². The third-order valence-corrected chi connectivity index (χ3v) is 5.69. The lowest BCUT2D eigenvalue weighted by molar-refractivity contribution is -0.143. The summed E-state index contributed by atoms with van der Waals surface area (Å²) >= 11 is 0. The highest BCUT2D eigenvalue weighted by Gasteiger charge is 2.39. The molecule has 0 aromatic heterocycles. The van der Waals surface area contributed by atoms with Crippen molar-refractivity contribution in [3.63, 3.8) is 0 Å². The first-order chi connectivity index (χ1) is 12.1. The van der Waals surface area contributed by atoms with Gasteiger partial charge in [-0.3, -0.25) is 4.79 Å². The molecule has 2 fully saturated rings. The molecule has 2 unspecified atom stereocenters. The SMILES string of the molecule is C#CC1(c2ccc(OC)c(OC3CCCC3)c2)CCCC(C(=O)O)C1. The first-order valence-corrected chi connectivity index (χ1v) is 9.14. The Morgan fingerprint density at radius 3 is 2.64 bits per heavy atom. The fraction of sp³-hybridized carbons (Fsp3) is 0.571. The van der Waals surface area contributed by atoms with Crippen molar-refractivity contribution in [2.75, 3.05) is 7.11 Å². The van der Waals surface area contributed by atoms with Gasteiger partial charge >= 0.3 is 5.97 Å². The van der Waals surface area contributed by atoms with Crippen LogP contribution in [-0.2, 0) is 10.2 Å². The third kappa shape index (κ3) is 3.61. The number of ether oxygens (including phenoxy) is 2. The van der Waals surface area contributed by atoms with Crippen molar-refractivity contribution < 1.29 is 19.4 Å². The van der Waals surface area contributed by atoms with Gasteiger partial charge in [-0.25, -0.2) is 0 Å². The van der Waals surface area contributed by atoms with Gasteiger partial charge in [-0.1, -0.05) is 18.4 Å². The Morgan fingerprint density at radius 1 is 1.24 bits per heavy atom. The van der Waals surface area contributed by atoms with Crippen LogP contribution in [0.2, 0.25) is 0 Å². The van der Waals surface area contributed by atoms with E-state index in [0.29, 0.717) is 18.6 Å². The Kier molecular flexibility index (Phi) is 5.22. The second kappa shape index (κ2) is 7.39. The van der Waals surface area contributed by atoms with E-state index in [2.05, 4.69) is 5.92 Å². The van der Waals surface area contributed by atoms with Crippen LogP contribution in [0.25, 0.3) is 0 Å². The van der Waals surface area contributed by atoms with Crippen molar-refractivity contribution in [2.45, 2.75) is 62.9 Å². The summed E-state index contributed by atoms with van der Waals surface area (Å²) in [5.41, 5.74) is 0.427. The molecule has 4 nitrogen and oxygen atoms in total. The number of carbonyl (C=O) groups is 1. The molecule has 2 saturated carbocycles. The maximum absolute atomic E-state index is 11.5. The van der Waals surface area contributed by atoms with Crippen LogP contribution in [0.3, 0.4) is 0 Å². The summed E-state index contributed by atoms with van der Waals surface area (Å²) in [4.78, 5) is 11.5. The summed E-state index contributed by atoms with van der Waals surface area (Å²) in [6.07, 6.45) is 13.5. The van der Waals surface area contributed by atoms with Gasteiger partial charge in [0, 0.05) is 0 Å². The van der Waals surface area contributed by atoms with Gasteiger partial charge in [-0.15, -0.1) is 6.42 Å². The van der Waals surface area contributed by atoms with Crippen molar-refractivity contribution in [1.82, 2.24) is 0 Å². The quantitative estimate of drug-likeness (QED) is 0.816. The normalized spacial score (nSPS) is 26.8. The fourth-order valence-corrected chi connectivity index (χ4v) is 4.21. The summed E-state index contributed by atoms with van der Waals surface area (Å²) in [7, 11) is 1.63. The molecule has 0 bridgehead atoms. The van der Waals surface area contributed by atoms with Gasteiger partial charge < -0.3 is 14.6 Å². The van der Waals surface area contributed by atoms with Crippen molar-refractivity contribution in [1.29, 1.82) is 0 Å². The first kappa shape index (κ1) is 17.7.